The quantitative estimate of drug-likeness (QED) is 0.425. The second-order valence-corrected chi connectivity index (χ2v) is 5.69. The molecule has 0 aromatic heterocycles. The van der Waals surface area contributed by atoms with E-state index < -0.39 is 0 Å². The van der Waals surface area contributed by atoms with Gasteiger partial charge in [-0.2, -0.15) is 0 Å². The number of methoxy groups -OCH3 is 1. The van der Waals surface area contributed by atoms with Gasteiger partial charge in [0.1, 0.15) is 17.1 Å². The largest absolute Gasteiger partial charge is 0.496 e. The van der Waals surface area contributed by atoms with Crippen molar-refractivity contribution in [3.05, 3.63) is 23.8 Å². The molecule has 0 spiro atoms. The van der Waals surface area contributed by atoms with Crippen molar-refractivity contribution in [3.63, 3.8) is 0 Å². The van der Waals surface area contributed by atoms with Crippen LogP contribution in [0.5, 0.6) is 11.5 Å². The maximum atomic E-state index is 12.5. The number of hydrogen-bond donors (Lipinski definition) is 0. The number of esters is 1. The first kappa shape index (κ1) is 19.3. The Morgan fingerprint density at radius 1 is 1.09 bits per heavy atom. The molecule has 0 saturated carbocycles. The monoisotopic (exact) mass is 322 g/mol. The van der Waals surface area contributed by atoms with Gasteiger partial charge in [0.2, 0.25) is 0 Å². The summed E-state index contributed by atoms with van der Waals surface area (Å²) in [5.41, 5.74) is 0.370. The fraction of sp³-hybridized carbons (Fsp3) is 0.632. The van der Waals surface area contributed by atoms with Crippen molar-refractivity contribution in [1.82, 2.24) is 0 Å². The van der Waals surface area contributed by atoms with Gasteiger partial charge >= 0.3 is 5.97 Å². The van der Waals surface area contributed by atoms with Crippen molar-refractivity contribution < 1.29 is 19.0 Å². The molecule has 0 heterocycles. The highest BCUT2D eigenvalue weighted by Gasteiger charge is 2.21. The molecule has 0 saturated heterocycles. The predicted octanol–water partition coefficient (Wildman–Crippen LogP) is 5.00. The van der Waals surface area contributed by atoms with Crippen LogP contribution in [0, 0.1) is 0 Å². The summed E-state index contributed by atoms with van der Waals surface area (Å²) in [5, 5.41) is 0. The molecule has 4 heteroatoms. The standard InChI is InChI=1S/C19H30O4/c1-5-7-8-9-10-12-15(3)23-19(20)18-16(21-4)13-11-14-17(18)22-6-2/h11,13-15H,5-10,12H2,1-4H3. The van der Waals surface area contributed by atoms with Crippen molar-refractivity contribution in [3.8, 4) is 11.5 Å². The zero-order valence-electron chi connectivity index (χ0n) is 14.9. The molecule has 0 aliphatic heterocycles. The van der Waals surface area contributed by atoms with Gasteiger partial charge in [0.05, 0.1) is 19.8 Å². The molecule has 0 aliphatic carbocycles. The fourth-order valence-corrected chi connectivity index (χ4v) is 2.49. The van der Waals surface area contributed by atoms with E-state index in [9.17, 15) is 4.79 Å². The molecule has 0 bridgehead atoms. The van der Waals surface area contributed by atoms with Gasteiger partial charge in [0, 0.05) is 0 Å². The lowest BCUT2D eigenvalue weighted by atomic mass is 10.1. The molecule has 0 fully saturated rings. The molecule has 4 nitrogen and oxygen atoms in total. The Bertz CT molecular complexity index is 470. The van der Waals surface area contributed by atoms with Crippen LogP contribution in [0.25, 0.3) is 0 Å². The first-order chi connectivity index (χ1) is 11.1. The van der Waals surface area contributed by atoms with Crippen LogP contribution >= 0.6 is 0 Å². The lowest BCUT2D eigenvalue weighted by molar-refractivity contribution is 0.0311. The summed E-state index contributed by atoms with van der Waals surface area (Å²) in [6.45, 7) is 6.51. The third-order valence-corrected chi connectivity index (χ3v) is 3.73. The van der Waals surface area contributed by atoms with Gasteiger partial charge in [-0.15, -0.1) is 0 Å². The van der Waals surface area contributed by atoms with E-state index in [4.69, 9.17) is 14.2 Å². The van der Waals surface area contributed by atoms with E-state index in [1.54, 1.807) is 25.3 Å². The molecule has 1 aromatic carbocycles. The first-order valence-electron chi connectivity index (χ1n) is 8.64. The first-order valence-corrected chi connectivity index (χ1v) is 8.64. The number of carbonyl (C=O) groups excluding carboxylic acids is 1. The number of rotatable bonds is 11. The lowest BCUT2D eigenvalue weighted by Gasteiger charge is -2.17. The third-order valence-electron chi connectivity index (χ3n) is 3.73. The minimum atomic E-state index is -0.382. The van der Waals surface area contributed by atoms with Crippen LogP contribution in [-0.4, -0.2) is 25.8 Å². The Kier molecular flexibility index (Phi) is 9.18. The molecule has 0 amide bonds. The van der Waals surface area contributed by atoms with Crippen LogP contribution in [0.2, 0.25) is 0 Å². The summed E-state index contributed by atoms with van der Waals surface area (Å²) in [4.78, 5) is 12.5. The molecule has 1 aromatic rings. The number of carbonyl (C=O) groups is 1. The zero-order valence-corrected chi connectivity index (χ0v) is 14.9. The molecule has 1 unspecified atom stereocenters. The minimum Gasteiger partial charge on any atom is -0.496 e. The summed E-state index contributed by atoms with van der Waals surface area (Å²) in [7, 11) is 1.54. The second kappa shape index (κ2) is 10.9. The van der Waals surface area contributed by atoms with E-state index >= 15 is 0 Å². The lowest BCUT2D eigenvalue weighted by Crippen LogP contribution is -2.17. The Hall–Kier alpha value is -1.71. The number of benzene rings is 1. The van der Waals surface area contributed by atoms with Gasteiger partial charge < -0.3 is 14.2 Å². The van der Waals surface area contributed by atoms with E-state index in [0.717, 1.165) is 12.8 Å². The Morgan fingerprint density at radius 3 is 2.43 bits per heavy atom. The van der Waals surface area contributed by atoms with Gasteiger partial charge in [-0.3, -0.25) is 0 Å². The van der Waals surface area contributed by atoms with Crippen molar-refractivity contribution in [2.45, 2.75) is 65.4 Å². The van der Waals surface area contributed by atoms with Gasteiger partial charge in [-0.25, -0.2) is 4.79 Å². The van der Waals surface area contributed by atoms with Gasteiger partial charge in [0.15, 0.2) is 0 Å². The number of hydrogen-bond acceptors (Lipinski definition) is 4. The second-order valence-electron chi connectivity index (χ2n) is 5.69. The van der Waals surface area contributed by atoms with Crippen LogP contribution in [0.4, 0.5) is 0 Å². The normalized spacial score (nSPS) is 11.8. The van der Waals surface area contributed by atoms with Crippen LogP contribution in [0.15, 0.2) is 18.2 Å². The number of unbranched alkanes of at least 4 members (excludes halogenated alkanes) is 4. The Morgan fingerprint density at radius 2 is 1.78 bits per heavy atom. The van der Waals surface area contributed by atoms with Gasteiger partial charge in [-0.05, 0) is 38.8 Å². The fourth-order valence-electron chi connectivity index (χ4n) is 2.49. The highest BCUT2D eigenvalue weighted by atomic mass is 16.5. The molecule has 0 radical (unpaired) electrons. The predicted molar refractivity (Wildman–Crippen MR) is 92.4 cm³/mol. The SMILES string of the molecule is CCCCCCCC(C)OC(=O)c1c(OC)cccc1OCC. The van der Waals surface area contributed by atoms with Crippen LogP contribution in [0.3, 0.4) is 0 Å². The topological polar surface area (TPSA) is 44.8 Å². The highest BCUT2D eigenvalue weighted by Crippen LogP contribution is 2.29. The summed E-state index contributed by atoms with van der Waals surface area (Å²) < 4.78 is 16.4. The van der Waals surface area contributed by atoms with Crippen molar-refractivity contribution in [2.24, 2.45) is 0 Å². The zero-order chi connectivity index (χ0) is 17.1. The molecule has 0 N–H and O–H groups in total. The number of ether oxygens (including phenoxy) is 3. The molecular formula is C19H30O4. The summed E-state index contributed by atoms with van der Waals surface area (Å²) in [5.74, 6) is 0.607. The van der Waals surface area contributed by atoms with Gasteiger partial charge in [0.25, 0.3) is 0 Å². The maximum absolute atomic E-state index is 12.5. The summed E-state index contributed by atoms with van der Waals surface area (Å²) >= 11 is 0. The smallest absolute Gasteiger partial charge is 0.346 e. The molecule has 1 atom stereocenters. The third kappa shape index (κ3) is 6.51. The molecule has 0 aliphatic rings. The molecular weight excluding hydrogens is 292 g/mol. The Balaban J connectivity index is 2.62. The average molecular weight is 322 g/mol. The van der Waals surface area contributed by atoms with Crippen LogP contribution in [-0.2, 0) is 4.74 Å². The van der Waals surface area contributed by atoms with E-state index in [1.165, 1.54) is 25.7 Å². The van der Waals surface area contributed by atoms with E-state index in [2.05, 4.69) is 6.92 Å². The molecule has 130 valence electrons. The highest BCUT2D eigenvalue weighted by molar-refractivity contribution is 5.95. The summed E-state index contributed by atoms with van der Waals surface area (Å²) in [6.07, 6.45) is 6.80. The van der Waals surface area contributed by atoms with Gasteiger partial charge in [-0.1, -0.05) is 38.7 Å². The average Bonchev–Trinajstić information content (AvgIpc) is 2.54. The maximum Gasteiger partial charge on any atom is 0.346 e. The Labute approximate surface area is 140 Å². The van der Waals surface area contributed by atoms with Crippen molar-refractivity contribution in [1.29, 1.82) is 0 Å². The summed E-state index contributed by atoms with van der Waals surface area (Å²) in [6, 6.07) is 5.31. The van der Waals surface area contributed by atoms with E-state index in [0.29, 0.717) is 23.7 Å². The van der Waals surface area contributed by atoms with E-state index in [-0.39, 0.29) is 12.1 Å². The van der Waals surface area contributed by atoms with Crippen molar-refractivity contribution in [2.75, 3.05) is 13.7 Å². The van der Waals surface area contributed by atoms with Crippen LogP contribution in [0.1, 0.15) is 69.7 Å². The molecule has 1 rings (SSSR count). The van der Waals surface area contributed by atoms with Crippen molar-refractivity contribution >= 4 is 5.97 Å². The molecule has 23 heavy (non-hydrogen) atoms. The van der Waals surface area contributed by atoms with Crippen LogP contribution < -0.4 is 9.47 Å². The minimum absolute atomic E-state index is 0.108. The van der Waals surface area contributed by atoms with E-state index in [1.807, 2.05) is 13.8 Å².